The lowest BCUT2D eigenvalue weighted by atomic mass is 9.94. The van der Waals surface area contributed by atoms with Gasteiger partial charge in [0.15, 0.2) is 0 Å². The number of carbonyl (C=O) groups excluding carboxylic acids is 1. The minimum Gasteiger partial charge on any atom is -0.381 e. The number of hydrogen-bond donors (Lipinski definition) is 2. The van der Waals surface area contributed by atoms with Crippen LogP contribution < -0.4 is 11.1 Å². The fraction of sp³-hybridized carbons (Fsp3) is 0.933. The van der Waals surface area contributed by atoms with E-state index < -0.39 is 5.54 Å². The molecule has 1 aliphatic rings. The first-order valence-corrected chi connectivity index (χ1v) is 7.79. The average molecular weight is 285 g/mol. The van der Waals surface area contributed by atoms with Gasteiger partial charge in [0.05, 0.1) is 12.1 Å². The molecule has 2 atom stereocenters. The molecule has 0 radical (unpaired) electrons. The van der Waals surface area contributed by atoms with Crippen LogP contribution in [0.15, 0.2) is 0 Å². The normalized spacial score (nSPS) is 22.7. The predicted molar refractivity (Wildman–Crippen MR) is 81.6 cm³/mol. The van der Waals surface area contributed by atoms with Gasteiger partial charge in [0.2, 0.25) is 5.91 Å². The van der Waals surface area contributed by atoms with Crippen LogP contribution in [0.25, 0.3) is 0 Å². The maximum atomic E-state index is 11.5. The second kappa shape index (κ2) is 8.60. The van der Waals surface area contributed by atoms with Gasteiger partial charge in [-0.1, -0.05) is 6.92 Å². The van der Waals surface area contributed by atoms with Crippen molar-refractivity contribution >= 4 is 5.91 Å². The lowest BCUT2D eigenvalue weighted by molar-refractivity contribution is -0.124. The number of primary amides is 1. The van der Waals surface area contributed by atoms with Gasteiger partial charge < -0.3 is 20.7 Å². The molecule has 5 heteroatoms. The maximum Gasteiger partial charge on any atom is 0.237 e. The molecular weight excluding hydrogens is 254 g/mol. The van der Waals surface area contributed by atoms with Gasteiger partial charge in [-0.15, -0.1) is 0 Å². The fourth-order valence-corrected chi connectivity index (χ4v) is 2.87. The van der Waals surface area contributed by atoms with Crippen LogP contribution in [0.2, 0.25) is 0 Å². The smallest absolute Gasteiger partial charge is 0.237 e. The van der Waals surface area contributed by atoms with E-state index in [0.717, 1.165) is 45.7 Å². The molecule has 0 aliphatic carbocycles. The summed E-state index contributed by atoms with van der Waals surface area (Å²) in [6.45, 7) is 8.53. The zero-order valence-corrected chi connectivity index (χ0v) is 13.3. The molecule has 0 aromatic heterocycles. The van der Waals surface area contributed by atoms with Crippen molar-refractivity contribution in [1.82, 2.24) is 10.2 Å². The molecule has 0 aromatic rings. The Morgan fingerprint density at radius 2 is 2.30 bits per heavy atom. The fourth-order valence-electron chi connectivity index (χ4n) is 2.87. The van der Waals surface area contributed by atoms with Crippen molar-refractivity contribution in [2.24, 2.45) is 11.7 Å². The summed E-state index contributed by atoms with van der Waals surface area (Å²) in [5.41, 5.74) is 4.91. The van der Waals surface area contributed by atoms with Gasteiger partial charge in [-0.2, -0.15) is 0 Å². The van der Waals surface area contributed by atoms with Crippen molar-refractivity contribution in [3.63, 3.8) is 0 Å². The Bertz CT molecular complexity index is 293. The lowest BCUT2D eigenvalue weighted by Gasteiger charge is -2.30. The third kappa shape index (κ3) is 5.77. The molecule has 20 heavy (non-hydrogen) atoms. The number of ether oxygens (including phenoxy) is 1. The highest BCUT2D eigenvalue weighted by molar-refractivity contribution is 5.84. The van der Waals surface area contributed by atoms with Gasteiger partial charge >= 0.3 is 0 Å². The van der Waals surface area contributed by atoms with Gasteiger partial charge in [0.25, 0.3) is 0 Å². The summed E-state index contributed by atoms with van der Waals surface area (Å²) in [5.74, 6) is 0.396. The number of rotatable bonds is 9. The standard InChI is InChI=1S/C15H31N3O2/c1-4-17-15(2,14(16)19)8-6-9-18(3)11-13-7-5-10-20-12-13/h13,17H,4-12H2,1-3H3,(H2,16,19). The number of nitrogens with one attached hydrogen (secondary N) is 1. The Hall–Kier alpha value is -0.650. The minimum atomic E-state index is -0.580. The molecule has 118 valence electrons. The molecule has 1 rings (SSSR count). The molecule has 1 fully saturated rings. The Morgan fingerprint density at radius 3 is 2.85 bits per heavy atom. The molecule has 0 saturated carbocycles. The van der Waals surface area contributed by atoms with E-state index in [1.54, 1.807) is 0 Å². The van der Waals surface area contributed by atoms with Crippen molar-refractivity contribution in [3.8, 4) is 0 Å². The Morgan fingerprint density at radius 1 is 1.55 bits per heavy atom. The largest absolute Gasteiger partial charge is 0.381 e. The Labute approximate surface area is 123 Å². The van der Waals surface area contributed by atoms with Gasteiger partial charge in [0.1, 0.15) is 0 Å². The topological polar surface area (TPSA) is 67.6 Å². The van der Waals surface area contributed by atoms with E-state index in [9.17, 15) is 4.79 Å². The third-order valence-corrected chi connectivity index (χ3v) is 4.15. The second-order valence-electron chi connectivity index (χ2n) is 6.18. The number of nitrogens with zero attached hydrogens (tertiary/aromatic N) is 1. The summed E-state index contributed by atoms with van der Waals surface area (Å²) in [6.07, 6.45) is 4.19. The van der Waals surface area contributed by atoms with Crippen LogP contribution in [-0.4, -0.2) is 56.2 Å². The van der Waals surface area contributed by atoms with Crippen LogP contribution in [0.4, 0.5) is 0 Å². The van der Waals surface area contributed by atoms with E-state index in [2.05, 4.69) is 17.3 Å². The van der Waals surface area contributed by atoms with Gasteiger partial charge in [-0.25, -0.2) is 0 Å². The predicted octanol–water partition coefficient (Wildman–Crippen LogP) is 0.979. The maximum absolute atomic E-state index is 11.5. The molecule has 1 aliphatic heterocycles. The summed E-state index contributed by atoms with van der Waals surface area (Å²) in [6, 6.07) is 0. The summed E-state index contributed by atoms with van der Waals surface area (Å²) in [5, 5.41) is 3.20. The number of likely N-dealkylation sites (N-methyl/N-ethyl adjacent to an activating group) is 1. The van der Waals surface area contributed by atoms with Crippen molar-refractivity contribution in [2.45, 2.75) is 45.1 Å². The number of amides is 1. The van der Waals surface area contributed by atoms with E-state index in [0.29, 0.717) is 5.92 Å². The highest BCUT2D eigenvalue weighted by atomic mass is 16.5. The molecule has 0 spiro atoms. The molecule has 5 nitrogen and oxygen atoms in total. The van der Waals surface area contributed by atoms with Crippen LogP contribution in [0.1, 0.15) is 39.5 Å². The van der Waals surface area contributed by atoms with Gasteiger partial charge in [-0.3, -0.25) is 4.79 Å². The molecule has 1 amide bonds. The number of carbonyl (C=O) groups is 1. The first-order valence-electron chi connectivity index (χ1n) is 7.79. The summed E-state index contributed by atoms with van der Waals surface area (Å²) < 4.78 is 5.51. The first-order chi connectivity index (χ1) is 9.48. The number of nitrogens with two attached hydrogens (primary N) is 1. The monoisotopic (exact) mass is 285 g/mol. The Balaban J connectivity index is 2.25. The molecule has 1 saturated heterocycles. The first kappa shape index (κ1) is 17.4. The molecule has 0 aromatic carbocycles. The van der Waals surface area contributed by atoms with Crippen LogP contribution in [0.5, 0.6) is 0 Å². The second-order valence-corrected chi connectivity index (χ2v) is 6.18. The summed E-state index contributed by atoms with van der Waals surface area (Å²) >= 11 is 0. The van der Waals surface area contributed by atoms with Crippen LogP contribution >= 0.6 is 0 Å². The van der Waals surface area contributed by atoms with E-state index in [1.165, 1.54) is 12.8 Å². The zero-order valence-electron chi connectivity index (χ0n) is 13.3. The molecule has 0 bridgehead atoms. The van der Waals surface area contributed by atoms with E-state index in [4.69, 9.17) is 10.5 Å². The minimum absolute atomic E-state index is 0.261. The van der Waals surface area contributed by atoms with Gasteiger partial charge in [0, 0.05) is 13.2 Å². The zero-order chi connectivity index (χ0) is 15.0. The van der Waals surface area contributed by atoms with E-state index >= 15 is 0 Å². The molecular formula is C15H31N3O2. The summed E-state index contributed by atoms with van der Waals surface area (Å²) in [4.78, 5) is 13.9. The third-order valence-electron chi connectivity index (χ3n) is 4.15. The van der Waals surface area contributed by atoms with Crippen LogP contribution in [-0.2, 0) is 9.53 Å². The SMILES string of the molecule is CCNC(C)(CCCN(C)CC1CCCOC1)C(N)=O. The van der Waals surface area contributed by atoms with Crippen LogP contribution in [0, 0.1) is 5.92 Å². The highest BCUT2D eigenvalue weighted by Gasteiger charge is 2.29. The quantitative estimate of drug-likeness (QED) is 0.662. The Kier molecular flexibility index (Phi) is 7.48. The van der Waals surface area contributed by atoms with E-state index in [1.807, 2.05) is 13.8 Å². The van der Waals surface area contributed by atoms with E-state index in [-0.39, 0.29) is 5.91 Å². The van der Waals surface area contributed by atoms with Crippen LogP contribution in [0.3, 0.4) is 0 Å². The molecule has 2 unspecified atom stereocenters. The van der Waals surface area contributed by atoms with Gasteiger partial charge in [-0.05, 0) is 58.7 Å². The van der Waals surface area contributed by atoms with Crippen molar-refractivity contribution < 1.29 is 9.53 Å². The average Bonchev–Trinajstić information content (AvgIpc) is 2.40. The van der Waals surface area contributed by atoms with Crippen molar-refractivity contribution in [2.75, 3.05) is 39.9 Å². The molecule has 1 heterocycles. The van der Waals surface area contributed by atoms with Crippen molar-refractivity contribution in [3.05, 3.63) is 0 Å². The lowest BCUT2D eigenvalue weighted by Crippen LogP contribution is -2.53. The highest BCUT2D eigenvalue weighted by Crippen LogP contribution is 2.16. The molecule has 3 N–H and O–H groups in total. The number of hydrogen-bond acceptors (Lipinski definition) is 4. The van der Waals surface area contributed by atoms with Crippen molar-refractivity contribution in [1.29, 1.82) is 0 Å². The summed E-state index contributed by atoms with van der Waals surface area (Å²) in [7, 11) is 2.14.